The molecule has 1 aliphatic heterocycles. The normalized spacial score (nSPS) is 16.6. The second kappa shape index (κ2) is 21.2. The monoisotopic (exact) mass is 649 g/mol. The number of aliphatic carboxylic acids is 1. The predicted octanol–water partition coefficient (Wildman–Crippen LogP) is 9.65. The summed E-state index contributed by atoms with van der Waals surface area (Å²) >= 11 is 5.82. The molecule has 0 fully saturated rings. The molecule has 2 aromatic rings. The largest absolute Gasteiger partial charge is 0.496 e. The van der Waals surface area contributed by atoms with Crippen LogP contribution in [0, 0.1) is 5.92 Å². The van der Waals surface area contributed by atoms with E-state index in [1.165, 1.54) is 82.6 Å². The summed E-state index contributed by atoms with van der Waals surface area (Å²) in [6.07, 6.45) is 18.8. The highest BCUT2D eigenvalue weighted by Gasteiger charge is 2.42. The van der Waals surface area contributed by atoms with Gasteiger partial charge in [-0.15, -0.1) is 0 Å². The van der Waals surface area contributed by atoms with Gasteiger partial charge in [-0.3, -0.25) is 4.79 Å². The molecule has 1 N–H and O–H groups in total. The van der Waals surface area contributed by atoms with Crippen molar-refractivity contribution >= 4 is 29.0 Å². The number of carboxylic acids is 1. The zero-order valence-electron chi connectivity index (χ0n) is 29.0. The molecule has 7 heteroatoms. The lowest BCUT2D eigenvalue weighted by atomic mass is 9.83. The molecule has 0 amide bonds. The first-order chi connectivity index (χ1) is 22.4. The number of carbonyl (C=O) groups is 1. The van der Waals surface area contributed by atoms with Gasteiger partial charge in [-0.2, -0.15) is 0 Å². The fourth-order valence-corrected chi connectivity index (χ4v) is 7.17. The average molecular weight is 650 g/mol. The van der Waals surface area contributed by atoms with Gasteiger partial charge in [0.15, 0.2) is 5.11 Å². The zero-order chi connectivity index (χ0) is 33.1. The van der Waals surface area contributed by atoms with Crippen molar-refractivity contribution in [3.8, 4) is 5.75 Å². The minimum absolute atomic E-state index is 0.462. The number of methoxy groups -OCH3 is 1. The molecule has 0 aromatic heterocycles. The Kier molecular flexibility index (Phi) is 17.3. The number of rotatable bonds is 23. The Hall–Kier alpha value is -2.77. The third kappa shape index (κ3) is 12.1. The first kappa shape index (κ1) is 37.7. The molecule has 0 bridgehead atoms. The van der Waals surface area contributed by atoms with Crippen LogP contribution in [0.5, 0.6) is 5.75 Å². The van der Waals surface area contributed by atoms with Crippen molar-refractivity contribution in [1.29, 1.82) is 0 Å². The van der Waals surface area contributed by atoms with Crippen LogP contribution in [0.1, 0.15) is 126 Å². The molecule has 3 rings (SSSR count). The lowest BCUT2D eigenvalue weighted by Gasteiger charge is -2.41. The van der Waals surface area contributed by atoms with Gasteiger partial charge in [0.25, 0.3) is 0 Å². The van der Waals surface area contributed by atoms with E-state index in [2.05, 4.69) is 54.2 Å². The van der Waals surface area contributed by atoms with Crippen molar-refractivity contribution in [2.45, 2.75) is 123 Å². The number of nitrogens with zero attached hydrogens (tertiary/aromatic N) is 3. The van der Waals surface area contributed by atoms with E-state index >= 15 is 0 Å². The van der Waals surface area contributed by atoms with Gasteiger partial charge in [0.05, 0.1) is 13.2 Å². The maximum atomic E-state index is 12.8. The van der Waals surface area contributed by atoms with Crippen LogP contribution in [-0.4, -0.2) is 58.9 Å². The van der Waals surface area contributed by atoms with Crippen molar-refractivity contribution < 1.29 is 14.6 Å². The first-order valence-electron chi connectivity index (χ1n) is 17.8. The number of aryl methyl sites for hydroxylation is 1. The van der Waals surface area contributed by atoms with Crippen LogP contribution in [0.2, 0.25) is 0 Å². The van der Waals surface area contributed by atoms with E-state index < -0.39 is 17.9 Å². The number of aliphatic imine (C=N–C) groups is 1. The summed E-state index contributed by atoms with van der Waals surface area (Å²) in [7, 11) is 3.80. The average Bonchev–Trinajstić information content (AvgIpc) is 3.04. The second-order valence-corrected chi connectivity index (χ2v) is 13.5. The summed E-state index contributed by atoms with van der Waals surface area (Å²) in [4.78, 5) is 21.7. The van der Waals surface area contributed by atoms with E-state index in [0.717, 1.165) is 49.2 Å². The summed E-state index contributed by atoms with van der Waals surface area (Å²) in [5.41, 5.74) is 3.93. The Balaban J connectivity index is 1.62. The lowest BCUT2D eigenvalue weighted by molar-refractivity contribution is -0.141. The van der Waals surface area contributed by atoms with E-state index in [9.17, 15) is 9.90 Å². The van der Waals surface area contributed by atoms with Crippen LogP contribution in [0.25, 0.3) is 0 Å². The maximum Gasteiger partial charge on any atom is 0.314 e. The van der Waals surface area contributed by atoms with Crippen LogP contribution in [0.15, 0.2) is 53.5 Å². The molecule has 0 saturated carbocycles. The minimum Gasteiger partial charge on any atom is -0.496 e. The Morgan fingerprint density at radius 1 is 0.891 bits per heavy atom. The number of ether oxygens (including phenoxy) is 1. The van der Waals surface area contributed by atoms with Crippen LogP contribution in [0.3, 0.4) is 0 Å². The van der Waals surface area contributed by atoms with E-state index in [1.807, 2.05) is 23.1 Å². The fourth-order valence-electron chi connectivity index (χ4n) is 6.82. The second-order valence-electron chi connectivity index (χ2n) is 13.1. The molecule has 2 aromatic carbocycles. The smallest absolute Gasteiger partial charge is 0.314 e. The number of unbranched alkanes of at least 4 members (excludes halogenated alkanes) is 12. The molecular formula is C39H59N3O3S. The standard InChI is InChI=1S/C39H59N3O3S/c1-5-6-7-8-9-10-11-12-13-14-15-16-20-25-33-26-21-27-34(45-4)36(33)37-35(38(43)44)31(2)40-39(46)42(37)29-22-28-41(3)30-32-23-18-17-19-24-32/h17-19,21,23-24,26-27,35,37H,5-16,20,22,25,28-30H2,1-4H3,(H,43,44). The quantitative estimate of drug-likeness (QED) is 0.0955. The van der Waals surface area contributed by atoms with Crippen molar-refractivity contribution in [1.82, 2.24) is 9.80 Å². The number of hydrogen-bond acceptors (Lipinski definition) is 4. The first-order valence-corrected chi connectivity index (χ1v) is 18.2. The van der Waals surface area contributed by atoms with E-state index in [1.54, 1.807) is 14.0 Å². The van der Waals surface area contributed by atoms with Gasteiger partial charge in [0.1, 0.15) is 11.7 Å². The van der Waals surface area contributed by atoms with Gasteiger partial charge in [0.2, 0.25) is 0 Å². The Morgan fingerprint density at radius 2 is 1.50 bits per heavy atom. The molecular weight excluding hydrogens is 591 g/mol. The van der Waals surface area contributed by atoms with Crippen LogP contribution < -0.4 is 4.74 Å². The SMILES string of the molecule is CCCCCCCCCCCCCCCc1cccc(OC)c1C1C(C(=O)O)C(C)=NC(=S)N1CCCN(C)Cc1ccccc1. The van der Waals surface area contributed by atoms with E-state index in [-0.39, 0.29) is 0 Å². The Labute approximate surface area is 284 Å². The summed E-state index contributed by atoms with van der Waals surface area (Å²) < 4.78 is 5.90. The fraction of sp³-hybridized carbons (Fsp3) is 0.615. The molecule has 46 heavy (non-hydrogen) atoms. The molecule has 254 valence electrons. The number of thiocarbonyl (C=S) groups is 1. The summed E-state index contributed by atoms with van der Waals surface area (Å²) in [6, 6.07) is 16.1. The molecule has 0 saturated heterocycles. The van der Waals surface area contributed by atoms with Crippen molar-refractivity contribution in [2.75, 3.05) is 27.2 Å². The van der Waals surface area contributed by atoms with Crippen molar-refractivity contribution in [3.63, 3.8) is 0 Å². The minimum atomic E-state index is -0.877. The third-order valence-electron chi connectivity index (χ3n) is 9.34. The molecule has 0 aliphatic carbocycles. The van der Waals surface area contributed by atoms with Gasteiger partial charge in [-0.05, 0) is 69.2 Å². The topological polar surface area (TPSA) is 65.4 Å². The molecule has 0 spiro atoms. The number of hydrogen-bond donors (Lipinski definition) is 1. The molecule has 2 atom stereocenters. The highest BCUT2D eigenvalue weighted by Crippen LogP contribution is 2.41. The molecule has 6 nitrogen and oxygen atoms in total. The van der Waals surface area contributed by atoms with E-state index in [0.29, 0.717) is 17.4 Å². The van der Waals surface area contributed by atoms with Gasteiger partial charge in [-0.1, -0.05) is 126 Å². The molecule has 0 radical (unpaired) electrons. The van der Waals surface area contributed by atoms with Gasteiger partial charge < -0.3 is 19.6 Å². The third-order valence-corrected chi connectivity index (χ3v) is 9.67. The van der Waals surface area contributed by atoms with Crippen molar-refractivity contribution in [3.05, 3.63) is 65.2 Å². The molecule has 1 heterocycles. The summed E-state index contributed by atoms with van der Waals surface area (Å²) in [6.45, 7) is 6.42. The molecule has 1 aliphatic rings. The molecule has 2 unspecified atom stereocenters. The summed E-state index contributed by atoms with van der Waals surface area (Å²) in [5.74, 6) is -0.944. The number of carboxylic acid groups (broad SMARTS) is 1. The predicted molar refractivity (Wildman–Crippen MR) is 196 cm³/mol. The Morgan fingerprint density at radius 3 is 2.09 bits per heavy atom. The van der Waals surface area contributed by atoms with Crippen LogP contribution in [0.4, 0.5) is 0 Å². The number of benzene rings is 2. The van der Waals surface area contributed by atoms with Gasteiger partial charge in [0, 0.05) is 24.4 Å². The highest BCUT2D eigenvalue weighted by molar-refractivity contribution is 7.80. The Bertz CT molecular complexity index is 1220. The zero-order valence-corrected chi connectivity index (χ0v) is 29.8. The van der Waals surface area contributed by atoms with Gasteiger partial charge >= 0.3 is 5.97 Å². The van der Waals surface area contributed by atoms with Crippen LogP contribution in [-0.2, 0) is 17.8 Å². The maximum absolute atomic E-state index is 12.8. The van der Waals surface area contributed by atoms with Crippen molar-refractivity contribution in [2.24, 2.45) is 10.9 Å². The summed E-state index contributed by atoms with van der Waals surface area (Å²) in [5, 5.41) is 10.9. The highest BCUT2D eigenvalue weighted by atomic mass is 32.1. The lowest BCUT2D eigenvalue weighted by Crippen LogP contribution is -2.47. The van der Waals surface area contributed by atoms with Crippen LogP contribution >= 0.6 is 12.2 Å². The van der Waals surface area contributed by atoms with E-state index in [4.69, 9.17) is 17.0 Å². The van der Waals surface area contributed by atoms with Gasteiger partial charge in [-0.25, -0.2) is 4.99 Å².